The lowest BCUT2D eigenvalue weighted by Crippen LogP contribution is -2.34. The van der Waals surface area contributed by atoms with Crippen LogP contribution in [-0.2, 0) is 38.6 Å². The van der Waals surface area contributed by atoms with Crippen LogP contribution in [0.15, 0.2) is 84.9 Å². The highest BCUT2D eigenvalue weighted by Crippen LogP contribution is 2.24. The molecule has 0 spiro atoms. The van der Waals surface area contributed by atoms with Crippen molar-refractivity contribution >= 4 is 35.6 Å². The van der Waals surface area contributed by atoms with Crippen LogP contribution in [0.4, 0.5) is 0 Å². The number of hydroxylamine groups is 1. The first-order valence-corrected chi connectivity index (χ1v) is 15.4. The van der Waals surface area contributed by atoms with Crippen LogP contribution < -0.4 is 28.2 Å². The Hall–Kier alpha value is -4.68. The van der Waals surface area contributed by atoms with Crippen molar-refractivity contribution in [2.45, 2.75) is 27.1 Å². The number of aromatic carboxylic acids is 1. The van der Waals surface area contributed by atoms with Crippen molar-refractivity contribution in [3.8, 4) is 23.0 Å². The van der Waals surface area contributed by atoms with Crippen LogP contribution in [0.1, 0.15) is 43.0 Å². The fourth-order valence-corrected chi connectivity index (χ4v) is 4.69. The molecule has 0 heterocycles. The van der Waals surface area contributed by atoms with Gasteiger partial charge in [0, 0.05) is 0 Å². The summed E-state index contributed by atoms with van der Waals surface area (Å²) in [5.41, 5.74) is 5.23. The van der Waals surface area contributed by atoms with E-state index in [0.29, 0.717) is 34.9 Å². The van der Waals surface area contributed by atoms with E-state index in [0.717, 1.165) is 11.1 Å². The van der Waals surface area contributed by atoms with Crippen molar-refractivity contribution in [3.05, 3.63) is 118 Å². The summed E-state index contributed by atoms with van der Waals surface area (Å²) in [4.78, 5) is 39.3. The fourth-order valence-electron chi connectivity index (χ4n) is 3.81. The van der Waals surface area contributed by atoms with Gasteiger partial charge in [0.25, 0.3) is 18.2 Å². The van der Waals surface area contributed by atoms with Crippen molar-refractivity contribution in [2.75, 3.05) is 6.67 Å². The molecule has 4 aromatic rings. The summed E-state index contributed by atoms with van der Waals surface area (Å²) in [5, 5.41) is 21.1. The Labute approximate surface area is 276 Å². The lowest BCUT2D eigenvalue weighted by Gasteiger charge is -2.13. The third-order valence-electron chi connectivity index (χ3n) is 6.17. The molecule has 0 fully saturated rings. The number of carbonyl (C=O) groups excluding carboxylic acids is 1. The van der Waals surface area contributed by atoms with Gasteiger partial charge in [0.2, 0.25) is 0 Å². The Kier molecular flexibility index (Phi) is 13.4. The predicted molar refractivity (Wildman–Crippen MR) is 169 cm³/mol. The standard InChI is InChI=1S/C31H30N2O12S2/c1-20-3-8-24(9-4-20)41-45-46-42-26-13-14-28(29(16-26)31(35)36)30(34)32-19-33-39-17-22-7-12-27(15-23(22)18-40-37)44-47(38)43-25-10-5-21(2)6-11-25/h3-16,33,37H,17-19H2,1-2H3,(H,32,34)(H,35,36). The van der Waals surface area contributed by atoms with Crippen LogP contribution in [0, 0.1) is 13.8 Å². The molecule has 1 atom stereocenters. The molecule has 1 amide bonds. The first-order chi connectivity index (χ1) is 22.7. The average Bonchev–Trinajstić information content (AvgIpc) is 3.05. The quantitative estimate of drug-likeness (QED) is 0.0344. The molecular weight excluding hydrogens is 656 g/mol. The van der Waals surface area contributed by atoms with Gasteiger partial charge in [-0.15, -0.1) is 0 Å². The van der Waals surface area contributed by atoms with E-state index >= 15 is 0 Å². The van der Waals surface area contributed by atoms with E-state index in [1.165, 1.54) is 30.3 Å². The van der Waals surface area contributed by atoms with Crippen LogP contribution in [0.3, 0.4) is 0 Å². The van der Waals surface area contributed by atoms with Gasteiger partial charge in [-0.2, -0.15) is 9.69 Å². The molecule has 0 aliphatic rings. The number of nitrogens with one attached hydrogen (secondary N) is 2. The van der Waals surface area contributed by atoms with Crippen LogP contribution in [0.2, 0.25) is 0 Å². The first-order valence-electron chi connectivity index (χ1n) is 13.7. The second-order valence-corrected chi connectivity index (χ2v) is 10.8. The molecule has 0 radical (unpaired) electrons. The summed E-state index contributed by atoms with van der Waals surface area (Å²) in [7, 11) is 0. The summed E-state index contributed by atoms with van der Waals surface area (Å²) < 4.78 is 33.1. The molecule has 0 aliphatic heterocycles. The summed E-state index contributed by atoms with van der Waals surface area (Å²) in [6.07, 6.45) is 0. The van der Waals surface area contributed by atoms with Crippen molar-refractivity contribution < 1.29 is 55.7 Å². The third kappa shape index (κ3) is 11.3. The lowest BCUT2D eigenvalue weighted by molar-refractivity contribution is -0.253. The number of amides is 1. The molecule has 0 saturated heterocycles. The monoisotopic (exact) mass is 686 g/mol. The molecule has 4 N–H and O–H groups in total. The smallest absolute Gasteiger partial charge is 0.417 e. The van der Waals surface area contributed by atoms with Gasteiger partial charge in [-0.1, -0.05) is 45.8 Å². The molecule has 0 bridgehead atoms. The maximum atomic E-state index is 12.7. The van der Waals surface area contributed by atoms with Gasteiger partial charge >= 0.3 is 17.3 Å². The van der Waals surface area contributed by atoms with Crippen molar-refractivity contribution in [2.24, 2.45) is 0 Å². The Bertz CT molecular complexity index is 1670. The average molecular weight is 687 g/mol. The van der Waals surface area contributed by atoms with E-state index in [1.807, 2.05) is 26.0 Å². The predicted octanol–water partition coefficient (Wildman–Crippen LogP) is 5.39. The largest absolute Gasteiger partial charge is 0.478 e. The van der Waals surface area contributed by atoms with Gasteiger partial charge in [-0.25, -0.2) is 9.68 Å². The zero-order valence-electron chi connectivity index (χ0n) is 25.0. The molecule has 14 nitrogen and oxygen atoms in total. The third-order valence-corrected chi connectivity index (χ3v) is 7.21. The Morgan fingerprint density at radius 1 is 0.766 bits per heavy atom. The van der Waals surface area contributed by atoms with Gasteiger partial charge in [0.1, 0.15) is 23.9 Å². The Morgan fingerprint density at radius 3 is 2.09 bits per heavy atom. The maximum absolute atomic E-state index is 12.7. The van der Waals surface area contributed by atoms with Crippen molar-refractivity contribution in [3.63, 3.8) is 0 Å². The number of rotatable bonds is 18. The molecule has 16 heteroatoms. The van der Waals surface area contributed by atoms with E-state index < -0.39 is 23.2 Å². The minimum Gasteiger partial charge on any atom is -0.478 e. The highest BCUT2D eigenvalue weighted by molar-refractivity contribution is 7.90. The number of carboxylic acids is 1. The van der Waals surface area contributed by atoms with Gasteiger partial charge in [0.15, 0.2) is 5.75 Å². The molecule has 4 rings (SSSR count). The van der Waals surface area contributed by atoms with E-state index in [-0.39, 0.29) is 42.5 Å². The van der Waals surface area contributed by atoms with Gasteiger partial charge in [-0.3, -0.25) is 14.9 Å². The van der Waals surface area contributed by atoms with E-state index in [1.54, 1.807) is 42.5 Å². The minimum atomic E-state index is -2.13. The minimum absolute atomic E-state index is 0.0302. The van der Waals surface area contributed by atoms with Gasteiger partial charge in [-0.05, 0) is 79.6 Å². The first kappa shape index (κ1) is 35.2. The number of hydrogen-bond acceptors (Lipinski definition) is 13. The highest BCUT2D eigenvalue weighted by atomic mass is 32.2. The number of carboxylic acid groups (broad SMARTS) is 1. The van der Waals surface area contributed by atoms with E-state index in [2.05, 4.69) is 15.7 Å². The zero-order valence-corrected chi connectivity index (χ0v) is 26.6. The normalized spacial score (nSPS) is 11.4. The van der Waals surface area contributed by atoms with Crippen molar-refractivity contribution in [1.29, 1.82) is 0 Å². The number of aryl methyl sites for hydroxylation is 2. The second kappa shape index (κ2) is 17.9. The summed E-state index contributed by atoms with van der Waals surface area (Å²) in [6, 6.07) is 22.5. The summed E-state index contributed by atoms with van der Waals surface area (Å²) >= 11 is -1.66. The SMILES string of the molecule is Cc1ccc(OOSOc2ccc(C(=O)NCNOCc3ccc(OS(=O)Oc4ccc(C)cc4)cc3COO)c(C(=O)O)c2)cc1. The summed E-state index contributed by atoms with van der Waals surface area (Å²) in [6.45, 7) is 3.41. The molecule has 1 unspecified atom stereocenters. The Morgan fingerprint density at radius 2 is 1.40 bits per heavy atom. The Balaban J connectivity index is 1.23. The van der Waals surface area contributed by atoms with Gasteiger partial charge < -0.3 is 27.9 Å². The topological polar surface area (TPSA) is 180 Å². The number of hydrogen-bond donors (Lipinski definition) is 4. The van der Waals surface area contributed by atoms with Gasteiger partial charge in [0.05, 0.1) is 24.4 Å². The van der Waals surface area contributed by atoms with Crippen LogP contribution in [-0.4, -0.2) is 33.1 Å². The maximum Gasteiger partial charge on any atom is 0.417 e. The van der Waals surface area contributed by atoms with Crippen LogP contribution >= 0.6 is 12.3 Å². The van der Waals surface area contributed by atoms with E-state index in [4.69, 9.17) is 31.9 Å². The molecule has 0 aliphatic carbocycles. The highest BCUT2D eigenvalue weighted by Gasteiger charge is 2.18. The van der Waals surface area contributed by atoms with Crippen LogP contribution in [0.25, 0.3) is 0 Å². The molecule has 0 saturated carbocycles. The molecule has 47 heavy (non-hydrogen) atoms. The number of benzene rings is 4. The zero-order chi connectivity index (χ0) is 33.6. The van der Waals surface area contributed by atoms with Crippen molar-refractivity contribution in [1.82, 2.24) is 10.8 Å². The summed E-state index contributed by atoms with van der Waals surface area (Å²) in [5.74, 6) is -0.909. The van der Waals surface area contributed by atoms with Crippen LogP contribution in [0.5, 0.6) is 23.0 Å². The molecular formula is C31H30N2O12S2. The van der Waals surface area contributed by atoms with E-state index in [9.17, 15) is 18.9 Å². The molecule has 4 aromatic carbocycles. The number of carbonyl (C=O) groups is 2. The fraction of sp³-hybridized carbons (Fsp3) is 0.161. The molecule has 248 valence electrons. The lowest BCUT2D eigenvalue weighted by atomic mass is 10.1. The molecule has 0 aromatic heterocycles. The second-order valence-electron chi connectivity index (χ2n) is 9.63.